The van der Waals surface area contributed by atoms with E-state index in [-0.39, 0.29) is 11.9 Å². The van der Waals surface area contributed by atoms with Crippen LogP contribution in [0, 0.1) is 11.8 Å². The molecular formula is C26H25NO5. The molecule has 3 N–H and O–H groups in total. The number of ether oxygens (including phenoxy) is 1. The molecule has 0 radical (unpaired) electrons. The van der Waals surface area contributed by atoms with E-state index in [0.717, 1.165) is 40.5 Å². The van der Waals surface area contributed by atoms with Crippen molar-refractivity contribution in [3.63, 3.8) is 0 Å². The molecule has 3 aromatic carbocycles. The van der Waals surface area contributed by atoms with Crippen LogP contribution in [0.25, 0.3) is 10.8 Å². The van der Waals surface area contributed by atoms with Crippen LogP contribution in [0.4, 0.5) is 4.79 Å². The lowest BCUT2D eigenvalue weighted by molar-refractivity contribution is 0.0937. The standard InChI is InChI=1S/C25H23NO2.CH2O3/c1-28-21-14-10-18(11-15-21)12-16-23-22-9-5-2-6-19(22)13-17-24(23)25(27)26-20-7-3-4-8-20;2-1(3)4/h2,5-6,9-11,13-15,17,20H,3-4,7-8H2,1H3,(H,26,27);(H2,2,3,4). The van der Waals surface area contributed by atoms with Gasteiger partial charge in [-0.3, -0.25) is 4.79 Å². The fourth-order valence-corrected chi connectivity index (χ4v) is 3.74. The maximum absolute atomic E-state index is 13.0. The molecule has 3 aromatic rings. The summed E-state index contributed by atoms with van der Waals surface area (Å²) in [5, 5.41) is 19.2. The summed E-state index contributed by atoms with van der Waals surface area (Å²) >= 11 is 0. The van der Waals surface area contributed by atoms with Crippen LogP contribution in [0.2, 0.25) is 0 Å². The average molecular weight is 431 g/mol. The zero-order chi connectivity index (χ0) is 22.9. The fourth-order valence-electron chi connectivity index (χ4n) is 3.74. The number of benzene rings is 3. The van der Waals surface area contributed by atoms with Gasteiger partial charge < -0.3 is 20.3 Å². The van der Waals surface area contributed by atoms with Crippen LogP contribution in [0.5, 0.6) is 5.75 Å². The van der Waals surface area contributed by atoms with Gasteiger partial charge in [0.25, 0.3) is 5.91 Å². The molecule has 1 saturated carbocycles. The minimum Gasteiger partial charge on any atom is -0.497 e. The number of amides is 1. The van der Waals surface area contributed by atoms with Crippen molar-refractivity contribution < 1.29 is 24.5 Å². The van der Waals surface area contributed by atoms with Crippen LogP contribution in [-0.4, -0.2) is 35.4 Å². The first-order chi connectivity index (χ1) is 15.5. The number of rotatable bonds is 3. The van der Waals surface area contributed by atoms with E-state index in [1.165, 1.54) is 12.8 Å². The van der Waals surface area contributed by atoms with Crippen LogP contribution in [0.1, 0.15) is 47.2 Å². The molecule has 0 heterocycles. The van der Waals surface area contributed by atoms with Crippen molar-refractivity contribution in [2.45, 2.75) is 31.7 Å². The molecule has 164 valence electrons. The molecular weight excluding hydrogens is 406 g/mol. The largest absolute Gasteiger partial charge is 0.503 e. The van der Waals surface area contributed by atoms with E-state index < -0.39 is 6.16 Å². The lowest BCUT2D eigenvalue weighted by atomic mass is 9.98. The highest BCUT2D eigenvalue weighted by molar-refractivity contribution is 6.03. The number of hydrogen-bond acceptors (Lipinski definition) is 3. The first kappa shape index (κ1) is 22.7. The summed E-state index contributed by atoms with van der Waals surface area (Å²) in [6, 6.07) is 19.9. The van der Waals surface area contributed by atoms with E-state index in [4.69, 9.17) is 19.7 Å². The molecule has 32 heavy (non-hydrogen) atoms. The summed E-state index contributed by atoms with van der Waals surface area (Å²) in [5.41, 5.74) is 2.31. The minimum atomic E-state index is -1.83. The molecule has 1 aliphatic carbocycles. The first-order valence-corrected chi connectivity index (χ1v) is 10.4. The van der Waals surface area contributed by atoms with Gasteiger partial charge in [0.2, 0.25) is 0 Å². The first-order valence-electron chi connectivity index (χ1n) is 10.4. The second kappa shape index (κ2) is 10.9. The van der Waals surface area contributed by atoms with E-state index in [2.05, 4.69) is 17.2 Å². The molecule has 0 spiro atoms. The average Bonchev–Trinajstić information content (AvgIpc) is 3.30. The number of carboxylic acid groups (broad SMARTS) is 2. The Labute approximate surface area is 186 Å². The maximum atomic E-state index is 13.0. The third-order valence-corrected chi connectivity index (χ3v) is 5.29. The van der Waals surface area contributed by atoms with Crippen LogP contribution in [0.15, 0.2) is 60.7 Å². The maximum Gasteiger partial charge on any atom is 0.503 e. The summed E-state index contributed by atoms with van der Waals surface area (Å²) in [6.45, 7) is 0. The zero-order valence-electron chi connectivity index (χ0n) is 17.8. The highest BCUT2D eigenvalue weighted by Crippen LogP contribution is 2.24. The molecule has 6 nitrogen and oxygen atoms in total. The van der Waals surface area contributed by atoms with Crippen molar-refractivity contribution in [1.29, 1.82) is 0 Å². The van der Waals surface area contributed by atoms with Gasteiger partial charge in [-0.1, -0.05) is 55.0 Å². The highest BCUT2D eigenvalue weighted by atomic mass is 16.6. The zero-order valence-corrected chi connectivity index (χ0v) is 17.8. The number of hydrogen-bond donors (Lipinski definition) is 3. The molecule has 0 bridgehead atoms. The number of carbonyl (C=O) groups excluding carboxylic acids is 1. The van der Waals surface area contributed by atoms with Crippen molar-refractivity contribution in [1.82, 2.24) is 5.32 Å². The van der Waals surface area contributed by atoms with Crippen LogP contribution >= 0.6 is 0 Å². The van der Waals surface area contributed by atoms with Gasteiger partial charge in [-0.25, -0.2) is 4.79 Å². The highest BCUT2D eigenvalue weighted by Gasteiger charge is 2.20. The topological polar surface area (TPSA) is 95.9 Å². The van der Waals surface area contributed by atoms with Gasteiger partial charge in [-0.15, -0.1) is 0 Å². The minimum absolute atomic E-state index is 0.0308. The van der Waals surface area contributed by atoms with E-state index in [9.17, 15) is 4.79 Å². The Morgan fingerprint density at radius 3 is 2.25 bits per heavy atom. The van der Waals surface area contributed by atoms with Crippen molar-refractivity contribution in [2.75, 3.05) is 7.11 Å². The molecule has 4 rings (SSSR count). The monoisotopic (exact) mass is 431 g/mol. The fraction of sp³-hybridized carbons (Fsp3) is 0.231. The lowest BCUT2D eigenvalue weighted by Gasteiger charge is -2.14. The van der Waals surface area contributed by atoms with E-state index in [1.54, 1.807) is 7.11 Å². The lowest BCUT2D eigenvalue weighted by Crippen LogP contribution is -2.33. The van der Waals surface area contributed by atoms with Gasteiger partial charge in [0.15, 0.2) is 0 Å². The Kier molecular flexibility index (Phi) is 7.71. The van der Waals surface area contributed by atoms with E-state index >= 15 is 0 Å². The molecule has 1 fully saturated rings. The van der Waals surface area contributed by atoms with Gasteiger partial charge in [0.1, 0.15) is 5.75 Å². The Balaban J connectivity index is 0.000000668. The summed E-state index contributed by atoms with van der Waals surface area (Å²) in [7, 11) is 1.64. The van der Waals surface area contributed by atoms with Gasteiger partial charge in [-0.05, 0) is 53.9 Å². The van der Waals surface area contributed by atoms with Crippen LogP contribution in [-0.2, 0) is 0 Å². The summed E-state index contributed by atoms with van der Waals surface area (Å²) in [6.07, 6.45) is 2.66. The van der Waals surface area contributed by atoms with Gasteiger partial charge in [0.05, 0.1) is 12.7 Å². The molecule has 0 saturated heterocycles. The molecule has 1 amide bonds. The summed E-state index contributed by atoms with van der Waals surface area (Å²) in [4.78, 5) is 21.5. The smallest absolute Gasteiger partial charge is 0.497 e. The number of nitrogens with one attached hydrogen (secondary N) is 1. The molecule has 0 atom stereocenters. The van der Waals surface area contributed by atoms with Crippen LogP contribution < -0.4 is 10.1 Å². The number of carbonyl (C=O) groups is 2. The molecule has 0 unspecified atom stereocenters. The summed E-state index contributed by atoms with van der Waals surface area (Å²) in [5.74, 6) is 7.24. The summed E-state index contributed by atoms with van der Waals surface area (Å²) < 4.78 is 5.20. The van der Waals surface area contributed by atoms with Crippen molar-refractivity contribution >= 4 is 22.8 Å². The normalized spacial score (nSPS) is 12.8. The predicted octanol–water partition coefficient (Wildman–Crippen LogP) is 5.14. The van der Waals surface area contributed by atoms with Crippen molar-refractivity contribution in [2.24, 2.45) is 0 Å². The Morgan fingerprint density at radius 1 is 0.938 bits per heavy atom. The third-order valence-electron chi connectivity index (χ3n) is 5.29. The van der Waals surface area contributed by atoms with Gasteiger partial charge >= 0.3 is 6.16 Å². The number of methoxy groups -OCH3 is 1. The molecule has 0 aliphatic heterocycles. The second-order valence-corrected chi connectivity index (χ2v) is 7.43. The SMILES string of the molecule is COc1ccc(C#Cc2c(C(=O)NC3CCCC3)ccc3ccccc23)cc1.O=C(O)O. The van der Waals surface area contributed by atoms with E-state index in [1.807, 2.05) is 60.7 Å². The quantitative estimate of drug-likeness (QED) is 0.499. The Hall–Kier alpha value is -3.98. The van der Waals surface area contributed by atoms with E-state index in [0.29, 0.717) is 5.56 Å². The second-order valence-electron chi connectivity index (χ2n) is 7.43. The number of fused-ring (bicyclic) bond motifs is 1. The van der Waals surface area contributed by atoms with Crippen molar-refractivity contribution in [3.05, 3.63) is 77.4 Å². The molecule has 0 aromatic heterocycles. The Morgan fingerprint density at radius 2 is 1.59 bits per heavy atom. The Bertz CT molecular complexity index is 1150. The van der Waals surface area contributed by atoms with Crippen LogP contribution in [0.3, 0.4) is 0 Å². The third kappa shape index (κ3) is 6.02. The van der Waals surface area contributed by atoms with Gasteiger partial charge in [0, 0.05) is 17.2 Å². The van der Waals surface area contributed by atoms with Crippen molar-refractivity contribution in [3.8, 4) is 17.6 Å². The molecule has 6 heteroatoms. The van der Waals surface area contributed by atoms with Gasteiger partial charge in [-0.2, -0.15) is 0 Å². The molecule has 1 aliphatic rings. The predicted molar refractivity (Wildman–Crippen MR) is 123 cm³/mol.